The molecule has 3 aromatic rings. The summed E-state index contributed by atoms with van der Waals surface area (Å²) < 4.78 is 2.12. The summed E-state index contributed by atoms with van der Waals surface area (Å²) in [5.74, 6) is 1.55. The van der Waals surface area contributed by atoms with E-state index in [1.54, 1.807) is 36.4 Å². The summed E-state index contributed by atoms with van der Waals surface area (Å²) in [6, 6.07) is 15.8. The Morgan fingerprint density at radius 3 is 2.36 bits per heavy atom. The standard InChI is InChI=1S/C22H22N4O2/c27-21(16-7-3-1-4-8-16)17-10-12-18(13-11-17)22(28)23-15-20-25-24-19-9-5-2-6-14-26(19)20/h1,3-4,7-8,10-13H,2,5-6,9,14-15H2,(H,23,28). The lowest BCUT2D eigenvalue weighted by atomic mass is 10.0. The van der Waals surface area contributed by atoms with Gasteiger partial charge >= 0.3 is 0 Å². The number of carbonyl (C=O) groups excluding carboxylic acids is 2. The third-order valence-corrected chi connectivity index (χ3v) is 5.04. The lowest BCUT2D eigenvalue weighted by Crippen LogP contribution is -2.25. The molecule has 0 atom stereocenters. The van der Waals surface area contributed by atoms with E-state index in [-0.39, 0.29) is 11.7 Å². The number of aromatic nitrogens is 3. The maximum atomic E-state index is 12.5. The van der Waals surface area contributed by atoms with Crippen molar-refractivity contribution >= 4 is 11.7 Å². The lowest BCUT2D eigenvalue weighted by Gasteiger charge is -2.09. The molecule has 0 fully saturated rings. The van der Waals surface area contributed by atoms with Gasteiger partial charge in [-0.25, -0.2) is 0 Å². The molecule has 0 saturated carbocycles. The molecule has 1 N–H and O–H groups in total. The predicted molar refractivity (Wildman–Crippen MR) is 105 cm³/mol. The second kappa shape index (κ2) is 8.17. The van der Waals surface area contributed by atoms with Crippen LogP contribution in [0.4, 0.5) is 0 Å². The molecule has 28 heavy (non-hydrogen) atoms. The van der Waals surface area contributed by atoms with Gasteiger partial charge in [-0.3, -0.25) is 9.59 Å². The number of hydrogen-bond acceptors (Lipinski definition) is 4. The number of ketones is 1. The number of nitrogens with one attached hydrogen (secondary N) is 1. The van der Waals surface area contributed by atoms with Crippen molar-refractivity contribution in [2.24, 2.45) is 0 Å². The molecule has 0 unspecified atom stereocenters. The molecule has 2 aromatic carbocycles. The van der Waals surface area contributed by atoms with Crippen molar-refractivity contribution in [3.8, 4) is 0 Å². The van der Waals surface area contributed by atoms with Gasteiger partial charge in [0, 0.05) is 29.7 Å². The molecule has 0 saturated heterocycles. The average molecular weight is 374 g/mol. The molecule has 6 nitrogen and oxygen atoms in total. The molecular formula is C22H22N4O2. The molecule has 142 valence electrons. The number of fused-ring (bicyclic) bond motifs is 1. The van der Waals surface area contributed by atoms with E-state index in [9.17, 15) is 9.59 Å². The zero-order valence-electron chi connectivity index (χ0n) is 15.6. The number of rotatable bonds is 5. The number of benzene rings is 2. The average Bonchev–Trinajstić information content (AvgIpc) is 2.98. The van der Waals surface area contributed by atoms with Crippen LogP contribution in [-0.2, 0) is 19.5 Å². The van der Waals surface area contributed by atoms with Gasteiger partial charge in [0.1, 0.15) is 5.82 Å². The minimum absolute atomic E-state index is 0.0567. The fraction of sp³-hybridized carbons (Fsp3) is 0.273. The van der Waals surface area contributed by atoms with Crippen molar-refractivity contribution in [2.45, 2.75) is 38.8 Å². The Morgan fingerprint density at radius 2 is 1.57 bits per heavy atom. The summed E-state index contributed by atoms with van der Waals surface area (Å²) in [4.78, 5) is 24.9. The highest BCUT2D eigenvalue weighted by molar-refractivity contribution is 6.09. The first-order valence-electron chi connectivity index (χ1n) is 9.61. The number of carbonyl (C=O) groups is 2. The predicted octanol–water partition coefficient (Wildman–Crippen LogP) is 3.17. The van der Waals surface area contributed by atoms with E-state index in [2.05, 4.69) is 20.1 Å². The van der Waals surface area contributed by atoms with Gasteiger partial charge < -0.3 is 9.88 Å². The zero-order chi connectivity index (χ0) is 19.3. The molecule has 1 amide bonds. The van der Waals surface area contributed by atoms with Gasteiger partial charge in [0.25, 0.3) is 5.91 Å². The van der Waals surface area contributed by atoms with Gasteiger partial charge in [0.05, 0.1) is 6.54 Å². The first-order valence-corrected chi connectivity index (χ1v) is 9.61. The van der Waals surface area contributed by atoms with Gasteiger partial charge in [-0.2, -0.15) is 0 Å². The molecule has 0 spiro atoms. The van der Waals surface area contributed by atoms with Crippen LogP contribution < -0.4 is 5.32 Å². The maximum absolute atomic E-state index is 12.5. The Bertz CT molecular complexity index is 978. The van der Waals surface area contributed by atoms with E-state index < -0.39 is 0 Å². The second-order valence-corrected chi connectivity index (χ2v) is 6.95. The van der Waals surface area contributed by atoms with Gasteiger partial charge in [0.15, 0.2) is 11.6 Å². The Kier molecular flexibility index (Phi) is 5.28. The van der Waals surface area contributed by atoms with Crippen LogP contribution in [0.2, 0.25) is 0 Å². The molecule has 1 aliphatic heterocycles. The highest BCUT2D eigenvalue weighted by atomic mass is 16.1. The van der Waals surface area contributed by atoms with Crippen molar-refractivity contribution in [3.05, 3.63) is 82.9 Å². The SMILES string of the molecule is O=C(NCc1nnc2n1CCCCC2)c1ccc(C(=O)c2ccccc2)cc1. The first kappa shape index (κ1) is 18.1. The summed E-state index contributed by atoms with van der Waals surface area (Å²) in [6.45, 7) is 1.25. The summed E-state index contributed by atoms with van der Waals surface area (Å²) in [5.41, 5.74) is 1.71. The second-order valence-electron chi connectivity index (χ2n) is 6.95. The Labute approximate surface area is 163 Å². The normalized spacial score (nSPS) is 13.4. The highest BCUT2D eigenvalue weighted by Gasteiger charge is 2.16. The van der Waals surface area contributed by atoms with E-state index in [0.29, 0.717) is 23.2 Å². The van der Waals surface area contributed by atoms with Gasteiger partial charge in [-0.1, -0.05) is 48.9 Å². The molecule has 0 aliphatic carbocycles. The summed E-state index contributed by atoms with van der Waals surface area (Å²) in [7, 11) is 0. The third-order valence-electron chi connectivity index (χ3n) is 5.04. The van der Waals surface area contributed by atoms with Gasteiger partial charge in [0.2, 0.25) is 0 Å². The van der Waals surface area contributed by atoms with Crippen LogP contribution in [0.1, 0.15) is 57.2 Å². The molecule has 1 aromatic heterocycles. The van der Waals surface area contributed by atoms with Gasteiger partial charge in [-0.15, -0.1) is 10.2 Å². The summed E-state index contributed by atoms with van der Waals surface area (Å²) in [6.07, 6.45) is 4.39. The third kappa shape index (κ3) is 3.86. The van der Waals surface area contributed by atoms with E-state index in [1.165, 1.54) is 6.42 Å². The molecule has 1 aliphatic rings. The number of hydrogen-bond donors (Lipinski definition) is 1. The van der Waals surface area contributed by atoms with Crippen LogP contribution in [0.3, 0.4) is 0 Å². The van der Waals surface area contributed by atoms with Crippen molar-refractivity contribution in [2.75, 3.05) is 0 Å². The Balaban J connectivity index is 1.40. The van der Waals surface area contributed by atoms with E-state index in [1.807, 2.05) is 18.2 Å². The number of amides is 1. The van der Waals surface area contributed by atoms with E-state index >= 15 is 0 Å². The lowest BCUT2D eigenvalue weighted by molar-refractivity contribution is 0.0948. The molecule has 4 rings (SSSR count). The van der Waals surface area contributed by atoms with Crippen molar-refractivity contribution in [3.63, 3.8) is 0 Å². The minimum atomic E-state index is -0.190. The van der Waals surface area contributed by atoms with Crippen LogP contribution >= 0.6 is 0 Å². The molecule has 0 bridgehead atoms. The largest absolute Gasteiger partial charge is 0.345 e. The molecular weight excluding hydrogens is 352 g/mol. The molecule has 0 radical (unpaired) electrons. The fourth-order valence-corrected chi connectivity index (χ4v) is 3.47. The monoisotopic (exact) mass is 374 g/mol. The van der Waals surface area contributed by atoms with Crippen LogP contribution in [0.5, 0.6) is 0 Å². The maximum Gasteiger partial charge on any atom is 0.251 e. The van der Waals surface area contributed by atoms with E-state index in [0.717, 1.165) is 37.5 Å². The van der Waals surface area contributed by atoms with E-state index in [4.69, 9.17) is 0 Å². The van der Waals surface area contributed by atoms with Crippen molar-refractivity contribution in [1.82, 2.24) is 20.1 Å². The van der Waals surface area contributed by atoms with Crippen molar-refractivity contribution < 1.29 is 9.59 Å². The minimum Gasteiger partial charge on any atom is -0.345 e. The molecule has 2 heterocycles. The smallest absolute Gasteiger partial charge is 0.251 e. The number of nitrogens with zero attached hydrogens (tertiary/aromatic N) is 3. The zero-order valence-corrected chi connectivity index (χ0v) is 15.6. The van der Waals surface area contributed by atoms with Crippen molar-refractivity contribution in [1.29, 1.82) is 0 Å². The summed E-state index contributed by atoms with van der Waals surface area (Å²) >= 11 is 0. The first-order chi connectivity index (χ1) is 13.7. The fourth-order valence-electron chi connectivity index (χ4n) is 3.47. The van der Waals surface area contributed by atoms with Crippen LogP contribution in [-0.4, -0.2) is 26.5 Å². The topological polar surface area (TPSA) is 76.9 Å². The summed E-state index contributed by atoms with van der Waals surface area (Å²) in [5, 5.41) is 11.4. The Hall–Kier alpha value is -3.28. The number of aryl methyl sites for hydroxylation is 1. The van der Waals surface area contributed by atoms with Crippen LogP contribution in [0.15, 0.2) is 54.6 Å². The van der Waals surface area contributed by atoms with Crippen LogP contribution in [0.25, 0.3) is 0 Å². The Morgan fingerprint density at radius 1 is 0.857 bits per heavy atom. The van der Waals surface area contributed by atoms with Crippen LogP contribution in [0, 0.1) is 0 Å². The quantitative estimate of drug-likeness (QED) is 0.696. The highest BCUT2D eigenvalue weighted by Crippen LogP contribution is 2.15. The molecule has 6 heteroatoms. The van der Waals surface area contributed by atoms with Gasteiger partial charge in [-0.05, 0) is 25.0 Å².